The van der Waals surface area contributed by atoms with Gasteiger partial charge in [0.15, 0.2) is 0 Å². The van der Waals surface area contributed by atoms with Crippen LogP contribution in [0.25, 0.3) is 0 Å². The first-order valence-corrected chi connectivity index (χ1v) is 9.35. The van der Waals surface area contributed by atoms with E-state index in [1.165, 1.54) is 10.4 Å². The first-order chi connectivity index (χ1) is 9.60. The monoisotopic (exact) mass is 435 g/mol. The van der Waals surface area contributed by atoms with Crippen LogP contribution in [0.1, 0.15) is 29.8 Å². The molecule has 0 aliphatic heterocycles. The highest BCUT2D eigenvalue weighted by atomic mass is 79.9. The minimum absolute atomic E-state index is 0.272. The Morgan fingerprint density at radius 3 is 2.75 bits per heavy atom. The predicted molar refractivity (Wildman–Crippen MR) is 95.9 cm³/mol. The number of benzene rings is 1. The molecule has 1 aromatic heterocycles. The van der Waals surface area contributed by atoms with Crippen LogP contribution in [0.15, 0.2) is 38.6 Å². The highest BCUT2D eigenvalue weighted by Gasteiger charge is 2.16. The topological polar surface area (TPSA) is 12.0 Å². The van der Waals surface area contributed by atoms with E-state index < -0.39 is 0 Å². The molecular weight excluding hydrogens is 422 g/mol. The average Bonchev–Trinajstić information content (AvgIpc) is 2.83. The Bertz CT molecular complexity index is 571. The molecule has 5 heteroatoms. The van der Waals surface area contributed by atoms with Gasteiger partial charge in [0, 0.05) is 36.7 Å². The number of hydrogen-bond donors (Lipinski definition) is 1. The maximum Gasteiger partial charge on any atom is 0.0410 e. The molecule has 0 radical (unpaired) electrons. The van der Waals surface area contributed by atoms with E-state index >= 15 is 0 Å². The third-order valence-corrected chi connectivity index (χ3v) is 5.68. The van der Waals surface area contributed by atoms with Crippen molar-refractivity contribution in [3.63, 3.8) is 0 Å². The quantitative estimate of drug-likeness (QED) is 0.566. The van der Waals surface area contributed by atoms with E-state index in [1.807, 2.05) is 18.2 Å². The van der Waals surface area contributed by atoms with Gasteiger partial charge in [-0.25, -0.2) is 0 Å². The van der Waals surface area contributed by atoms with Crippen molar-refractivity contribution in [3.05, 3.63) is 54.1 Å². The van der Waals surface area contributed by atoms with Crippen molar-refractivity contribution in [1.82, 2.24) is 5.32 Å². The third kappa shape index (κ3) is 4.57. The average molecular weight is 438 g/mol. The fourth-order valence-corrected chi connectivity index (χ4v) is 4.26. The number of halogens is 3. The van der Waals surface area contributed by atoms with Crippen molar-refractivity contribution in [3.8, 4) is 0 Å². The Morgan fingerprint density at radius 2 is 2.10 bits per heavy atom. The van der Waals surface area contributed by atoms with Gasteiger partial charge in [-0.2, -0.15) is 0 Å². The van der Waals surface area contributed by atoms with Crippen molar-refractivity contribution >= 4 is 54.8 Å². The zero-order valence-corrected chi connectivity index (χ0v) is 15.9. The molecule has 1 atom stereocenters. The Balaban J connectivity index is 2.24. The normalized spacial score (nSPS) is 12.6. The van der Waals surface area contributed by atoms with Crippen LogP contribution in [0.5, 0.6) is 0 Å². The maximum absolute atomic E-state index is 6.15. The Hall–Kier alpha value is 0.130. The van der Waals surface area contributed by atoms with Gasteiger partial charge < -0.3 is 5.32 Å². The summed E-state index contributed by atoms with van der Waals surface area (Å²) in [5, 5.41) is 6.52. The molecule has 0 saturated carbocycles. The summed E-state index contributed by atoms with van der Waals surface area (Å²) in [5.41, 5.74) is 1.22. The van der Waals surface area contributed by atoms with Crippen LogP contribution in [0.3, 0.4) is 0 Å². The molecule has 1 N–H and O–H groups in total. The van der Waals surface area contributed by atoms with Crippen LogP contribution in [-0.2, 0) is 6.42 Å². The third-order valence-electron chi connectivity index (χ3n) is 3.00. The summed E-state index contributed by atoms with van der Waals surface area (Å²) in [6.45, 7) is 3.18. The summed E-state index contributed by atoms with van der Waals surface area (Å²) >= 11 is 15.1. The van der Waals surface area contributed by atoms with Gasteiger partial charge >= 0.3 is 0 Å². The van der Waals surface area contributed by atoms with Gasteiger partial charge in [-0.1, -0.05) is 34.5 Å². The van der Waals surface area contributed by atoms with Gasteiger partial charge in [0.05, 0.1) is 0 Å². The van der Waals surface area contributed by atoms with Crippen LogP contribution in [0, 0.1) is 0 Å². The van der Waals surface area contributed by atoms with E-state index in [-0.39, 0.29) is 6.04 Å². The summed E-state index contributed by atoms with van der Waals surface area (Å²) in [7, 11) is 0. The van der Waals surface area contributed by atoms with Crippen LogP contribution in [-0.4, -0.2) is 6.54 Å². The molecule has 0 aliphatic rings. The molecule has 0 fully saturated rings. The predicted octanol–water partition coefficient (Wildman–Crippen LogP) is 6.21. The van der Waals surface area contributed by atoms with E-state index in [0.717, 1.165) is 33.4 Å². The standard InChI is InChI=1S/C15H16Br2ClNS/c1-2-5-19-15(8-12-6-10(16)9-20-12)13-7-11(18)3-4-14(13)17/h3-4,6-7,9,15,19H,2,5,8H2,1H3. The van der Waals surface area contributed by atoms with Gasteiger partial charge in [0.2, 0.25) is 0 Å². The van der Waals surface area contributed by atoms with E-state index in [1.54, 1.807) is 11.3 Å². The minimum Gasteiger partial charge on any atom is -0.310 e. The van der Waals surface area contributed by atoms with Crippen LogP contribution in [0.2, 0.25) is 5.02 Å². The fraction of sp³-hybridized carbons (Fsp3) is 0.333. The van der Waals surface area contributed by atoms with Crippen molar-refractivity contribution < 1.29 is 0 Å². The molecule has 108 valence electrons. The molecule has 20 heavy (non-hydrogen) atoms. The molecule has 0 bridgehead atoms. The molecule has 0 spiro atoms. The second-order valence-electron chi connectivity index (χ2n) is 4.61. The molecule has 1 aromatic carbocycles. The lowest BCUT2D eigenvalue weighted by Crippen LogP contribution is -2.24. The largest absolute Gasteiger partial charge is 0.310 e. The summed E-state index contributed by atoms with van der Waals surface area (Å²) in [6, 6.07) is 8.43. The molecule has 2 rings (SSSR count). The summed E-state index contributed by atoms with van der Waals surface area (Å²) in [6.07, 6.45) is 2.08. The first-order valence-electron chi connectivity index (χ1n) is 6.51. The van der Waals surface area contributed by atoms with Crippen LogP contribution >= 0.6 is 54.8 Å². The molecule has 1 heterocycles. The lowest BCUT2D eigenvalue weighted by Gasteiger charge is -2.20. The number of rotatable bonds is 6. The fourth-order valence-electron chi connectivity index (χ4n) is 2.05. The number of nitrogens with one attached hydrogen (secondary N) is 1. The summed E-state index contributed by atoms with van der Waals surface area (Å²) < 4.78 is 2.25. The van der Waals surface area contributed by atoms with E-state index in [2.05, 4.69) is 55.5 Å². The molecule has 1 unspecified atom stereocenters. The highest BCUT2D eigenvalue weighted by molar-refractivity contribution is 9.10. The summed E-state index contributed by atoms with van der Waals surface area (Å²) in [5.74, 6) is 0. The molecule has 0 saturated heterocycles. The number of hydrogen-bond acceptors (Lipinski definition) is 2. The minimum atomic E-state index is 0.272. The smallest absolute Gasteiger partial charge is 0.0410 e. The van der Waals surface area contributed by atoms with Gasteiger partial charge in [-0.05, 0) is 58.7 Å². The maximum atomic E-state index is 6.15. The summed E-state index contributed by atoms with van der Waals surface area (Å²) in [4.78, 5) is 1.36. The van der Waals surface area contributed by atoms with E-state index in [0.29, 0.717) is 0 Å². The van der Waals surface area contributed by atoms with Crippen molar-refractivity contribution in [1.29, 1.82) is 0 Å². The lowest BCUT2D eigenvalue weighted by molar-refractivity contribution is 0.530. The van der Waals surface area contributed by atoms with E-state index in [4.69, 9.17) is 11.6 Å². The van der Waals surface area contributed by atoms with Gasteiger partial charge in [0.25, 0.3) is 0 Å². The van der Waals surface area contributed by atoms with Gasteiger partial charge in [0.1, 0.15) is 0 Å². The molecule has 0 amide bonds. The highest BCUT2D eigenvalue weighted by Crippen LogP contribution is 2.31. The SMILES string of the molecule is CCCNC(Cc1cc(Br)cs1)c1cc(Cl)ccc1Br. The second kappa shape index (κ2) is 7.95. The Kier molecular flexibility index (Phi) is 6.56. The molecule has 2 aromatic rings. The Morgan fingerprint density at radius 1 is 1.30 bits per heavy atom. The zero-order chi connectivity index (χ0) is 14.5. The van der Waals surface area contributed by atoms with Crippen LogP contribution < -0.4 is 5.32 Å². The van der Waals surface area contributed by atoms with E-state index in [9.17, 15) is 0 Å². The van der Waals surface area contributed by atoms with Gasteiger partial charge in [-0.3, -0.25) is 0 Å². The van der Waals surface area contributed by atoms with Crippen molar-refractivity contribution in [2.45, 2.75) is 25.8 Å². The van der Waals surface area contributed by atoms with Crippen molar-refractivity contribution in [2.24, 2.45) is 0 Å². The number of thiophene rings is 1. The second-order valence-corrected chi connectivity index (χ2v) is 7.81. The zero-order valence-electron chi connectivity index (χ0n) is 11.1. The van der Waals surface area contributed by atoms with Crippen LogP contribution in [0.4, 0.5) is 0 Å². The Labute approximate surface area is 146 Å². The first kappa shape index (κ1) is 16.5. The molecule has 0 aliphatic carbocycles. The molecular formula is C15H16Br2ClNS. The van der Waals surface area contributed by atoms with Gasteiger partial charge in [-0.15, -0.1) is 11.3 Å². The van der Waals surface area contributed by atoms with Crippen molar-refractivity contribution in [2.75, 3.05) is 6.54 Å². The molecule has 1 nitrogen and oxygen atoms in total. The lowest BCUT2D eigenvalue weighted by atomic mass is 10.0.